The number of aromatic nitrogens is 3. The molecule has 4 aromatic rings. The maximum Gasteiger partial charge on any atom is 0.226 e. The summed E-state index contributed by atoms with van der Waals surface area (Å²) in [6.07, 6.45) is 2.61. The zero-order chi connectivity index (χ0) is 23.2. The molecule has 0 radical (unpaired) electrons. The maximum absolute atomic E-state index is 13.8. The quantitative estimate of drug-likeness (QED) is 0.476. The number of rotatable bonds is 4. The van der Waals surface area contributed by atoms with Crippen molar-refractivity contribution >= 4 is 22.5 Å². The highest BCUT2D eigenvalue weighted by Crippen LogP contribution is 2.46. The van der Waals surface area contributed by atoms with Crippen molar-refractivity contribution in [2.45, 2.75) is 24.8 Å². The molecule has 7 heteroatoms. The van der Waals surface area contributed by atoms with Crippen molar-refractivity contribution < 1.29 is 14.3 Å². The smallest absolute Gasteiger partial charge is 0.226 e. The fourth-order valence-electron chi connectivity index (χ4n) is 5.30. The summed E-state index contributed by atoms with van der Waals surface area (Å²) in [5, 5.41) is 10.1. The van der Waals surface area contributed by atoms with E-state index >= 15 is 0 Å². The van der Waals surface area contributed by atoms with Gasteiger partial charge in [0.15, 0.2) is 5.78 Å². The van der Waals surface area contributed by atoms with Gasteiger partial charge < -0.3 is 14.8 Å². The molecule has 0 bridgehead atoms. The molecule has 1 N–H and O–H groups in total. The highest BCUT2D eigenvalue weighted by atomic mass is 16.5. The van der Waals surface area contributed by atoms with Gasteiger partial charge in [-0.1, -0.05) is 48.5 Å². The van der Waals surface area contributed by atoms with Gasteiger partial charge in [-0.2, -0.15) is 10.1 Å². The molecule has 2 heterocycles. The molecule has 3 aromatic carbocycles. The van der Waals surface area contributed by atoms with Crippen molar-refractivity contribution in [2.75, 3.05) is 19.5 Å². The van der Waals surface area contributed by atoms with E-state index in [2.05, 4.69) is 39.7 Å². The minimum absolute atomic E-state index is 0.0118. The molecule has 0 saturated carbocycles. The first-order valence-corrected chi connectivity index (χ1v) is 11.3. The molecule has 0 saturated heterocycles. The van der Waals surface area contributed by atoms with Gasteiger partial charge in [-0.3, -0.25) is 4.79 Å². The molecule has 2 atom stereocenters. The molecular formula is C27H24N4O3. The van der Waals surface area contributed by atoms with Crippen LogP contribution >= 0.6 is 0 Å². The van der Waals surface area contributed by atoms with E-state index in [4.69, 9.17) is 9.47 Å². The van der Waals surface area contributed by atoms with Gasteiger partial charge in [-0.25, -0.2) is 4.68 Å². The number of fused-ring (bicyclic) bond motifs is 2. The molecule has 170 valence electrons. The average molecular weight is 453 g/mol. The van der Waals surface area contributed by atoms with Crippen LogP contribution in [0.1, 0.15) is 35.9 Å². The standard InChI is InChI=1S/C27H24N4O3/c1-33-18-10-11-20(24(14-18)34-2)17-12-22-25(23(32)13-17)26(31-27(30-22)28-15-29-31)21-9-5-7-16-6-3-4-8-19(16)21/h3-11,14-15,17,26H,12-13H2,1-2H3,(H,28,29,30)/t17-,26+/m0/s1. The zero-order valence-corrected chi connectivity index (χ0v) is 19.0. The lowest BCUT2D eigenvalue weighted by atomic mass is 9.77. The number of hydrogen-bond acceptors (Lipinski definition) is 6. The van der Waals surface area contributed by atoms with Crippen molar-refractivity contribution in [3.05, 3.63) is 89.4 Å². The van der Waals surface area contributed by atoms with E-state index in [1.54, 1.807) is 14.2 Å². The van der Waals surface area contributed by atoms with Crippen LogP contribution in [0, 0.1) is 0 Å². The Morgan fingerprint density at radius 3 is 2.68 bits per heavy atom. The molecule has 0 amide bonds. The molecule has 2 aliphatic rings. The normalized spacial score (nSPS) is 19.4. The van der Waals surface area contributed by atoms with Crippen LogP contribution in [-0.2, 0) is 4.79 Å². The SMILES string of the molecule is COc1ccc([C@@H]2CC(=O)C3=C(C2)Nc2ncnn2[C@@H]3c2cccc3ccccc23)c(OC)c1. The van der Waals surface area contributed by atoms with E-state index in [1.165, 1.54) is 6.33 Å². The van der Waals surface area contributed by atoms with E-state index in [0.717, 1.165) is 44.7 Å². The number of ketones is 1. The van der Waals surface area contributed by atoms with Crippen LogP contribution < -0.4 is 14.8 Å². The summed E-state index contributed by atoms with van der Waals surface area (Å²) < 4.78 is 12.8. The number of anilines is 1. The van der Waals surface area contributed by atoms with Gasteiger partial charge in [0, 0.05) is 29.7 Å². The largest absolute Gasteiger partial charge is 0.497 e. The fraction of sp³-hybridized carbons (Fsp3) is 0.222. The number of nitrogens with one attached hydrogen (secondary N) is 1. The number of ether oxygens (including phenoxy) is 2. The highest BCUT2D eigenvalue weighted by Gasteiger charge is 2.40. The van der Waals surface area contributed by atoms with Crippen LogP contribution in [0.2, 0.25) is 0 Å². The monoisotopic (exact) mass is 452 g/mol. The van der Waals surface area contributed by atoms with E-state index < -0.39 is 0 Å². The van der Waals surface area contributed by atoms with Gasteiger partial charge >= 0.3 is 0 Å². The Kier molecular flexibility index (Phi) is 4.83. The Morgan fingerprint density at radius 2 is 1.82 bits per heavy atom. The molecular weight excluding hydrogens is 428 g/mol. The summed E-state index contributed by atoms with van der Waals surface area (Å²) in [4.78, 5) is 18.2. The van der Waals surface area contributed by atoms with Crippen LogP contribution in [0.5, 0.6) is 11.5 Å². The fourth-order valence-corrected chi connectivity index (χ4v) is 5.30. The molecule has 6 rings (SSSR count). The molecule has 34 heavy (non-hydrogen) atoms. The second kappa shape index (κ2) is 8.02. The number of carbonyl (C=O) groups is 1. The molecule has 1 aliphatic heterocycles. The molecule has 0 spiro atoms. The first-order chi connectivity index (χ1) is 16.7. The molecule has 0 fully saturated rings. The van der Waals surface area contributed by atoms with Gasteiger partial charge in [0.2, 0.25) is 5.95 Å². The minimum atomic E-state index is -0.328. The Labute approximate surface area is 197 Å². The Hall–Kier alpha value is -4.13. The van der Waals surface area contributed by atoms with Crippen molar-refractivity contribution in [3.8, 4) is 11.5 Å². The van der Waals surface area contributed by atoms with Crippen LogP contribution in [0.15, 0.2) is 78.3 Å². The number of carbonyl (C=O) groups excluding carboxylic acids is 1. The number of Topliss-reactive ketones (excluding diaryl/α,β-unsaturated/α-hetero) is 1. The summed E-state index contributed by atoms with van der Waals surface area (Å²) in [5.74, 6) is 2.19. The molecule has 0 unspecified atom stereocenters. The van der Waals surface area contributed by atoms with E-state index in [1.807, 2.05) is 41.1 Å². The Balaban J connectivity index is 1.48. The first kappa shape index (κ1) is 20.5. The first-order valence-electron chi connectivity index (χ1n) is 11.3. The summed E-state index contributed by atoms with van der Waals surface area (Å²) in [6, 6.07) is 19.9. The number of benzene rings is 3. The second-order valence-electron chi connectivity index (χ2n) is 8.65. The molecule has 1 aliphatic carbocycles. The van der Waals surface area contributed by atoms with E-state index in [-0.39, 0.29) is 17.7 Å². The highest BCUT2D eigenvalue weighted by molar-refractivity contribution is 6.01. The summed E-state index contributed by atoms with van der Waals surface area (Å²) in [5.41, 5.74) is 3.71. The van der Waals surface area contributed by atoms with Gasteiger partial charge in [-0.15, -0.1) is 0 Å². The van der Waals surface area contributed by atoms with Crippen LogP contribution in [0.4, 0.5) is 5.95 Å². The predicted octanol–water partition coefficient (Wildman–Crippen LogP) is 4.86. The number of methoxy groups -OCH3 is 2. The van der Waals surface area contributed by atoms with Crippen molar-refractivity contribution in [1.82, 2.24) is 14.8 Å². The lowest BCUT2D eigenvalue weighted by Crippen LogP contribution is -2.33. The summed E-state index contributed by atoms with van der Waals surface area (Å²) >= 11 is 0. The van der Waals surface area contributed by atoms with Crippen molar-refractivity contribution in [3.63, 3.8) is 0 Å². The van der Waals surface area contributed by atoms with Gasteiger partial charge in [0.25, 0.3) is 0 Å². The van der Waals surface area contributed by atoms with Gasteiger partial charge in [0.1, 0.15) is 23.9 Å². The van der Waals surface area contributed by atoms with Crippen LogP contribution in [0.3, 0.4) is 0 Å². The lowest BCUT2D eigenvalue weighted by Gasteiger charge is -2.35. The topological polar surface area (TPSA) is 78.3 Å². The maximum atomic E-state index is 13.8. The van der Waals surface area contributed by atoms with E-state index in [9.17, 15) is 4.79 Å². The second-order valence-corrected chi connectivity index (χ2v) is 8.65. The van der Waals surface area contributed by atoms with Gasteiger partial charge in [0.05, 0.1) is 14.2 Å². The molecule has 7 nitrogen and oxygen atoms in total. The lowest BCUT2D eigenvalue weighted by molar-refractivity contribution is -0.116. The Morgan fingerprint density at radius 1 is 0.971 bits per heavy atom. The van der Waals surface area contributed by atoms with Crippen LogP contribution in [0.25, 0.3) is 10.8 Å². The number of nitrogens with zero attached hydrogens (tertiary/aromatic N) is 3. The summed E-state index contributed by atoms with van der Waals surface area (Å²) in [7, 11) is 3.27. The minimum Gasteiger partial charge on any atom is -0.497 e. The third-order valence-corrected chi connectivity index (χ3v) is 6.86. The number of hydrogen-bond donors (Lipinski definition) is 1. The summed E-state index contributed by atoms with van der Waals surface area (Å²) in [6.45, 7) is 0. The van der Waals surface area contributed by atoms with Crippen molar-refractivity contribution in [2.24, 2.45) is 0 Å². The number of allylic oxidation sites excluding steroid dienone is 2. The Bertz CT molecular complexity index is 1450. The average Bonchev–Trinajstić information content (AvgIpc) is 3.35. The zero-order valence-electron chi connectivity index (χ0n) is 19.0. The van der Waals surface area contributed by atoms with Crippen LogP contribution in [-0.4, -0.2) is 34.8 Å². The van der Waals surface area contributed by atoms with Gasteiger partial charge in [-0.05, 0) is 34.4 Å². The van der Waals surface area contributed by atoms with E-state index in [0.29, 0.717) is 18.8 Å². The third-order valence-electron chi connectivity index (χ3n) is 6.86. The third kappa shape index (κ3) is 3.15. The molecule has 1 aromatic heterocycles. The predicted molar refractivity (Wildman–Crippen MR) is 129 cm³/mol. The van der Waals surface area contributed by atoms with Crippen molar-refractivity contribution in [1.29, 1.82) is 0 Å².